The van der Waals surface area contributed by atoms with Gasteiger partial charge in [0.1, 0.15) is 5.75 Å². The topological polar surface area (TPSA) is 39.2 Å². The zero-order chi connectivity index (χ0) is 16.4. The molecule has 0 saturated carbocycles. The lowest BCUT2D eigenvalue weighted by atomic mass is 10.3. The van der Waals surface area contributed by atoms with Crippen molar-refractivity contribution in [1.82, 2.24) is 4.98 Å². The molecule has 0 bridgehead atoms. The lowest BCUT2D eigenvalue weighted by Gasteiger charge is -2.09. The van der Waals surface area contributed by atoms with Crippen LogP contribution in [-0.2, 0) is 4.79 Å². The number of thiazole rings is 1. The molecule has 8 heteroatoms. The molecule has 0 atom stereocenters. The van der Waals surface area contributed by atoms with Gasteiger partial charge in [-0.1, -0.05) is 28.1 Å². The molecule has 118 valence electrons. The molecule has 1 heterocycles. The first-order chi connectivity index (χ1) is 11.0. The molecule has 1 aromatic heterocycles. The predicted octanol–water partition coefficient (Wildman–Crippen LogP) is 6.28. The molecule has 0 spiro atoms. The maximum absolute atomic E-state index is 12.1. The van der Waals surface area contributed by atoms with Crippen LogP contribution < -0.4 is 4.74 Å². The highest BCUT2D eigenvalue weighted by atomic mass is 79.9. The van der Waals surface area contributed by atoms with Crippen molar-refractivity contribution in [3.8, 4) is 5.75 Å². The fraction of sp³-hybridized carbons (Fsp3) is 0.0667. The third-order valence-corrected chi connectivity index (χ3v) is 6.35. The Bertz CT molecular complexity index is 826. The Hall–Kier alpha value is -0.410. The van der Waals surface area contributed by atoms with Crippen LogP contribution in [0.4, 0.5) is 0 Å². The van der Waals surface area contributed by atoms with Crippen LogP contribution in [0.2, 0.25) is 0 Å². The van der Waals surface area contributed by atoms with E-state index in [1.165, 1.54) is 11.3 Å². The van der Waals surface area contributed by atoms with Crippen molar-refractivity contribution in [3.05, 3.63) is 49.8 Å². The first-order valence-electron chi connectivity index (χ1n) is 6.36. The van der Waals surface area contributed by atoms with Crippen LogP contribution in [-0.4, -0.2) is 16.7 Å². The average molecular weight is 538 g/mol. The van der Waals surface area contributed by atoms with Gasteiger partial charge < -0.3 is 4.74 Å². The molecule has 2 aromatic carbocycles. The Morgan fingerprint density at radius 1 is 1.17 bits per heavy atom. The van der Waals surface area contributed by atoms with Crippen molar-refractivity contribution in [2.24, 2.45) is 0 Å². The third-order valence-electron chi connectivity index (χ3n) is 2.77. The van der Waals surface area contributed by atoms with E-state index >= 15 is 0 Å². The van der Waals surface area contributed by atoms with E-state index in [-0.39, 0.29) is 11.7 Å². The lowest BCUT2D eigenvalue weighted by Crippen LogP contribution is -2.08. The second-order valence-corrected chi connectivity index (χ2v) is 9.37. The smallest absolute Gasteiger partial charge is 0.233 e. The van der Waals surface area contributed by atoms with Crippen LogP contribution in [0.15, 0.2) is 54.2 Å². The molecule has 0 radical (unpaired) electrons. The van der Waals surface area contributed by atoms with Gasteiger partial charge in [0.2, 0.25) is 5.12 Å². The summed E-state index contributed by atoms with van der Waals surface area (Å²) >= 11 is 12.9. The number of aromatic nitrogens is 1. The van der Waals surface area contributed by atoms with Crippen molar-refractivity contribution in [3.63, 3.8) is 0 Å². The highest BCUT2D eigenvalue weighted by Gasteiger charge is 2.13. The Balaban J connectivity index is 1.66. The fourth-order valence-electron chi connectivity index (χ4n) is 1.82. The van der Waals surface area contributed by atoms with Gasteiger partial charge in [0.25, 0.3) is 0 Å². The second-order valence-electron chi connectivity index (χ2n) is 4.41. The number of para-hydroxylation sites is 1. The van der Waals surface area contributed by atoms with Gasteiger partial charge in [0.05, 0.1) is 19.2 Å². The molecule has 23 heavy (non-hydrogen) atoms. The fourth-order valence-corrected chi connectivity index (χ4v) is 6.18. The zero-order valence-corrected chi connectivity index (χ0v) is 17.8. The van der Waals surface area contributed by atoms with Crippen LogP contribution in [0.25, 0.3) is 10.2 Å². The number of thioether (sulfide) groups is 1. The maximum Gasteiger partial charge on any atom is 0.233 e. The van der Waals surface area contributed by atoms with Crippen molar-refractivity contribution >= 4 is 86.2 Å². The standard InChI is InChI=1S/C15H8Br3NO2S2/c16-8-5-9(17)14(10(18)6-8)21-7-13(20)23-15-19-11-3-1-2-4-12(11)22-15/h1-6H,7H2. The van der Waals surface area contributed by atoms with Crippen LogP contribution in [0, 0.1) is 0 Å². The van der Waals surface area contributed by atoms with Crippen LogP contribution in [0.1, 0.15) is 0 Å². The molecule has 3 rings (SSSR count). The van der Waals surface area contributed by atoms with E-state index in [4.69, 9.17) is 4.74 Å². The number of rotatable bonds is 4. The SMILES string of the molecule is O=C(COc1c(Br)cc(Br)cc1Br)Sc1nc2ccccc2s1. The van der Waals surface area contributed by atoms with Gasteiger partial charge >= 0.3 is 0 Å². The summed E-state index contributed by atoms with van der Waals surface area (Å²) < 4.78 is 9.89. The van der Waals surface area contributed by atoms with Gasteiger partial charge in [-0.2, -0.15) is 0 Å². The largest absolute Gasteiger partial charge is 0.482 e. The van der Waals surface area contributed by atoms with E-state index in [1.54, 1.807) is 0 Å². The second kappa shape index (κ2) is 7.65. The van der Waals surface area contributed by atoms with Gasteiger partial charge in [-0.25, -0.2) is 4.98 Å². The van der Waals surface area contributed by atoms with Gasteiger partial charge in [-0.3, -0.25) is 4.79 Å². The molecule has 0 N–H and O–H groups in total. The quantitative estimate of drug-likeness (QED) is 0.367. The molecule has 0 aliphatic rings. The van der Waals surface area contributed by atoms with Crippen LogP contribution >= 0.6 is 70.9 Å². The van der Waals surface area contributed by atoms with Gasteiger partial charge in [-0.15, -0.1) is 11.3 Å². The summed E-state index contributed by atoms with van der Waals surface area (Å²) in [4.78, 5) is 16.6. The molecule has 0 unspecified atom stereocenters. The molecule has 0 fully saturated rings. The number of halogens is 3. The molecule has 0 amide bonds. The summed E-state index contributed by atoms with van der Waals surface area (Å²) in [7, 11) is 0. The Morgan fingerprint density at radius 3 is 2.57 bits per heavy atom. The zero-order valence-electron chi connectivity index (χ0n) is 11.4. The van der Waals surface area contributed by atoms with Crippen LogP contribution in [0.3, 0.4) is 0 Å². The monoisotopic (exact) mass is 535 g/mol. The molecule has 3 aromatic rings. The summed E-state index contributed by atoms with van der Waals surface area (Å²) in [6.45, 7) is -0.0283. The summed E-state index contributed by atoms with van der Waals surface area (Å²) in [6, 6.07) is 11.6. The highest BCUT2D eigenvalue weighted by molar-refractivity contribution is 9.11. The van der Waals surface area contributed by atoms with E-state index in [0.717, 1.165) is 39.7 Å². The summed E-state index contributed by atoms with van der Waals surface area (Å²) in [5.74, 6) is 0.603. The number of carbonyl (C=O) groups excluding carboxylic acids is 1. The molecular formula is C15H8Br3NO2S2. The predicted molar refractivity (Wildman–Crippen MR) is 106 cm³/mol. The van der Waals surface area contributed by atoms with E-state index in [1.807, 2.05) is 36.4 Å². The minimum Gasteiger partial charge on any atom is -0.482 e. The van der Waals surface area contributed by atoms with Gasteiger partial charge in [0, 0.05) is 4.47 Å². The highest BCUT2D eigenvalue weighted by Crippen LogP contribution is 2.37. The number of hydrogen-bond donors (Lipinski definition) is 0. The number of hydrogen-bond acceptors (Lipinski definition) is 5. The average Bonchev–Trinajstić information content (AvgIpc) is 2.88. The Morgan fingerprint density at radius 2 is 1.87 bits per heavy atom. The lowest BCUT2D eigenvalue weighted by molar-refractivity contribution is -0.112. The van der Waals surface area contributed by atoms with Gasteiger partial charge in [0.15, 0.2) is 10.9 Å². The Labute approximate surface area is 166 Å². The van der Waals surface area contributed by atoms with Crippen molar-refractivity contribution < 1.29 is 9.53 Å². The molecule has 0 aliphatic carbocycles. The maximum atomic E-state index is 12.1. The number of nitrogens with zero attached hydrogens (tertiary/aromatic N) is 1. The Kier molecular flexibility index (Phi) is 5.79. The van der Waals surface area contributed by atoms with E-state index < -0.39 is 0 Å². The van der Waals surface area contributed by atoms with E-state index in [2.05, 4.69) is 52.8 Å². The minimum atomic E-state index is -0.0919. The normalized spacial score (nSPS) is 10.9. The number of fused-ring (bicyclic) bond motifs is 1. The first kappa shape index (κ1) is 17.4. The number of carbonyl (C=O) groups is 1. The molecule has 3 nitrogen and oxygen atoms in total. The van der Waals surface area contributed by atoms with Crippen molar-refractivity contribution in [2.75, 3.05) is 6.61 Å². The molecular weight excluding hydrogens is 530 g/mol. The third kappa shape index (κ3) is 4.36. The number of ether oxygens (including phenoxy) is 1. The first-order valence-corrected chi connectivity index (χ1v) is 10.4. The minimum absolute atomic E-state index is 0.0283. The molecule has 0 aliphatic heterocycles. The van der Waals surface area contributed by atoms with Crippen molar-refractivity contribution in [2.45, 2.75) is 4.34 Å². The summed E-state index contributed by atoms with van der Waals surface area (Å²) in [6.07, 6.45) is 0. The number of benzene rings is 2. The summed E-state index contributed by atoms with van der Waals surface area (Å²) in [5.41, 5.74) is 0.909. The van der Waals surface area contributed by atoms with Crippen LogP contribution in [0.5, 0.6) is 5.75 Å². The van der Waals surface area contributed by atoms with E-state index in [0.29, 0.717) is 5.75 Å². The van der Waals surface area contributed by atoms with E-state index in [9.17, 15) is 4.79 Å². The molecule has 0 saturated heterocycles. The van der Waals surface area contributed by atoms with Crippen molar-refractivity contribution in [1.29, 1.82) is 0 Å². The summed E-state index contributed by atoms with van der Waals surface area (Å²) in [5, 5.41) is -0.0919. The van der Waals surface area contributed by atoms with Gasteiger partial charge in [-0.05, 0) is 67.9 Å².